The largest absolute Gasteiger partial charge is 0.507 e. The molecule has 3 N–H and O–H groups in total. The standard InChI is InChI=1S/C16H20N2O/c17-15-6-4-5-14-13(15)8-7-12(16(14)19)11-18-9-2-1-3-10-18/h4-8,19H,1-3,9-11,17H2. The summed E-state index contributed by atoms with van der Waals surface area (Å²) in [5.74, 6) is 0.385. The first-order valence-electron chi connectivity index (χ1n) is 6.97. The Morgan fingerprint density at radius 1 is 1.00 bits per heavy atom. The number of hydrogen-bond donors (Lipinski definition) is 2. The van der Waals surface area contributed by atoms with Crippen LogP contribution in [0.5, 0.6) is 5.75 Å². The summed E-state index contributed by atoms with van der Waals surface area (Å²) < 4.78 is 0. The normalized spacial score (nSPS) is 16.8. The van der Waals surface area contributed by atoms with Crippen molar-refractivity contribution < 1.29 is 5.11 Å². The van der Waals surface area contributed by atoms with Crippen LogP contribution in [0, 0.1) is 0 Å². The molecule has 2 aromatic rings. The second kappa shape index (κ2) is 5.10. The molecule has 1 saturated heterocycles. The fourth-order valence-electron chi connectivity index (χ4n) is 2.90. The molecule has 100 valence electrons. The molecule has 0 atom stereocenters. The van der Waals surface area contributed by atoms with Gasteiger partial charge in [0, 0.05) is 28.6 Å². The summed E-state index contributed by atoms with van der Waals surface area (Å²) in [6, 6.07) is 9.71. The molecule has 0 amide bonds. The van der Waals surface area contributed by atoms with Crippen LogP contribution in [0.2, 0.25) is 0 Å². The van der Waals surface area contributed by atoms with Crippen molar-refractivity contribution in [1.82, 2.24) is 4.90 Å². The SMILES string of the molecule is Nc1cccc2c(O)c(CN3CCCCC3)ccc12. The predicted molar refractivity (Wildman–Crippen MR) is 79.2 cm³/mol. The number of nitrogens with zero attached hydrogens (tertiary/aromatic N) is 1. The minimum absolute atomic E-state index is 0.385. The molecule has 0 aliphatic carbocycles. The Morgan fingerprint density at radius 2 is 1.79 bits per heavy atom. The van der Waals surface area contributed by atoms with Gasteiger partial charge in [0.1, 0.15) is 5.75 Å². The zero-order valence-corrected chi connectivity index (χ0v) is 11.1. The van der Waals surface area contributed by atoms with Crippen molar-refractivity contribution in [3.05, 3.63) is 35.9 Å². The first-order chi connectivity index (χ1) is 9.25. The lowest BCUT2D eigenvalue weighted by Gasteiger charge is -2.26. The molecule has 0 radical (unpaired) electrons. The topological polar surface area (TPSA) is 49.5 Å². The fourth-order valence-corrected chi connectivity index (χ4v) is 2.90. The molecule has 0 bridgehead atoms. The summed E-state index contributed by atoms with van der Waals surface area (Å²) in [5.41, 5.74) is 7.66. The van der Waals surface area contributed by atoms with Crippen LogP contribution in [-0.4, -0.2) is 23.1 Å². The lowest BCUT2D eigenvalue weighted by Crippen LogP contribution is -2.29. The van der Waals surface area contributed by atoms with E-state index in [1.165, 1.54) is 19.3 Å². The van der Waals surface area contributed by atoms with Crippen LogP contribution in [0.1, 0.15) is 24.8 Å². The molecule has 3 rings (SSSR count). The molecule has 0 saturated carbocycles. The van der Waals surface area contributed by atoms with Gasteiger partial charge in [0.25, 0.3) is 0 Å². The number of hydrogen-bond acceptors (Lipinski definition) is 3. The zero-order valence-electron chi connectivity index (χ0n) is 11.1. The highest BCUT2D eigenvalue weighted by molar-refractivity contribution is 5.97. The van der Waals surface area contributed by atoms with E-state index < -0.39 is 0 Å². The zero-order chi connectivity index (χ0) is 13.2. The lowest BCUT2D eigenvalue weighted by atomic mass is 10.0. The number of likely N-dealkylation sites (tertiary alicyclic amines) is 1. The molecule has 3 heteroatoms. The van der Waals surface area contributed by atoms with Crippen molar-refractivity contribution in [2.75, 3.05) is 18.8 Å². The smallest absolute Gasteiger partial charge is 0.127 e. The minimum Gasteiger partial charge on any atom is -0.507 e. The van der Waals surface area contributed by atoms with E-state index in [0.29, 0.717) is 5.75 Å². The Labute approximate surface area is 113 Å². The molecular weight excluding hydrogens is 236 g/mol. The van der Waals surface area contributed by atoms with Gasteiger partial charge in [-0.05, 0) is 32.0 Å². The highest BCUT2D eigenvalue weighted by Gasteiger charge is 2.14. The van der Waals surface area contributed by atoms with Crippen LogP contribution in [0.3, 0.4) is 0 Å². The number of fused-ring (bicyclic) bond motifs is 1. The molecule has 3 nitrogen and oxygen atoms in total. The number of anilines is 1. The van der Waals surface area contributed by atoms with Crippen molar-refractivity contribution in [3.8, 4) is 5.75 Å². The summed E-state index contributed by atoms with van der Waals surface area (Å²) in [7, 11) is 0. The average molecular weight is 256 g/mol. The van der Waals surface area contributed by atoms with Crippen molar-refractivity contribution in [2.45, 2.75) is 25.8 Å². The van der Waals surface area contributed by atoms with E-state index in [-0.39, 0.29) is 0 Å². The number of piperidine rings is 1. The van der Waals surface area contributed by atoms with Gasteiger partial charge in [-0.2, -0.15) is 0 Å². The Morgan fingerprint density at radius 3 is 2.58 bits per heavy atom. The van der Waals surface area contributed by atoms with Crippen LogP contribution < -0.4 is 5.73 Å². The van der Waals surface area contributed by atoms with E-state index in [4.69, 9.17) is 5.73 Å². The summed E-state index contributed by atoms with van der Waals surface area (Å²) in [6.07, 6.45) is 3.86. The van der Waals surface area contributed by atoms with E-state index in [0.717, 1.165) is 41.7 Å². The average Bonchev–Trinajstić information content (AvgIpc) is 2.44. The third kappa shape index (κ3) is 2.38. The van der Waals surface area contributed by atoms with Gasteiger partial charge < -0.3 is 10.8 Å². The number of aromatic hydroxyl groups is 1. The van der Waals surface area contributed by atoms with E-state index in [1.54, 1.807) is 0 Å². The molecule has 19 heavy (non-hydrogen) atoms. The molecule has 1 heterocycles. The molecule has 2 aromatic carbocycles. The van der Waals surface area contributed by atoms with E-state index in [2.05, 4.69) is 4.90 Å². The fraction of sp³-hybridized carbons (Fsp3) is 0.375. The van der Waals surface area contributed by atoms with Gasteiger partial charge in [-0.1, -0.05) is 30.7 Å². The van der Waals surface area contributed by atoms with E-state index in [9.17, 15) is 5.11 Å². The van der Waals surface area contributed by atoms with Gasteiger partial charge in [-0.15, -0.1) is 0 Å². The minimum atomic E-state index is 0.385. The first kappa shape index (κ1) is 12.3. The third-order valence-electron chi connectivity index (χ3n) is 3.99. The van der Waals surface area contributed by atoms with E-state index >= 15 is 0 Å². The number of phenols is 1. The molecule has 1 aliphatic heterocycles. The Balaban J connectivity index is 1.93. The van der Waals surface area contributed by atoms with Crippen molar-refractivity contribution >= 4 is 16.5 Å². The van der Waals surface area contributed by atoms with Gasteiger partial charge in [-0.25, -0.2) is 0 Å². The van der Waals surface area contributed by atoms with Crippen LogP contribution in [-0.2, 0) is 6.54 Å². The monoisotopic (exact) mass is 256 g/mol. The molecule has 0 unspecified atom stereocenters. The van der Waals surface area contributed by atoms with Crippen molar-refractivity contribution in [2.24, 2.45) is 0 Å². The molecule has 1 fully saturated rings. The summed E-state index contributed by atoms with van der Waals surface area (Å²) >= 11 is 0. The highest BCUT2D eigenvalue weighted by Crippen LogP contribution is 2.32. The second-order valence-electron chi connectivity index (χ2n) is 5.35. The maximum atomic E-state index is 10.4. The summed E-state index contributed by atoms with van der Waals surface area (Å²) in [4.78, 5) is 2.41. The van der Waals surface area contributed by atoms with Gasteiger partial charge in [0.05, 0.1) is 0 Å². The summed E-state index contributed by atoms with van der Waals surface area (Å²) in [5, 5.41) is 12.2. The van der Waals surface area contributed by atoms with Crippen LogP contribution >= 0.6 is 0 Å². The lowest BCUT2D eigenvalue weighted by molar-refractivity contribution is 0.219. The maximum absolute atomic E-state index is 10.4. The third-order valence-corrected chi connectivity index (χ3v) is 3.99. The number of nitrogen functional groups attached to an aromatic ring is 1. The number of rotatable bonds is 2. The maximum Gasteiger partial charge on any atom is 0.127 e. The molecule has 0 aromatic heterocycles. The van der Waals surface area contributed by atoms with Gasteiger partial charge in [0.2, 0.25) is 0 Å². The molecular formula is C16H20N2O. The van der Waals surface area contributed by atoms with Crippen LogP contribution in [0.25, 0.3) is 10.8 Å². The Hall–Kier alpha value is -1.74. The Bertz CT molecular complexity index is 589. The van der Waals surface area contributed by atoms with Gasteiger partial charge in [0.15, 0.2) is 0 Å². The van der Waals surface area contributed by atoms with Gasteiger partial charge >= 0.3 is 0 Å². The van der Waals surface area contributed by atoms with Crippen LogP contribution in [0.15, 0.2) is 30.3 Å². The molecule has 0 spiro atoms. The van der Waals surface area contributed by atoms with Crippen molar-refractivity contribution in [1.29, 1.82) is 0 Å². The first-order valence-corrected chi connectivity index (χ1v) is 6.97. The highest BCUT2D eigenvalue weighted by atomic mass is 16.3. The van der Waals surface area contributed by atoms with Crippen molar-refractivity contribution in [3.63, 3.8) is 0 Å². The van der Waals surface area contributed by atoms with E-state index in [1.807, 2.05) is 30.3 Å². The Kier molecular flexibility index (Phi) is 3.30. The predicted octanol–water partition coefficient (Wildman–Crippen LogP) is 3.11. The summed E-state index contributed by atoms with van der Waals surface area (Å²) in [6.45, 7) is 3.10. The number of nitrogens with two attached hydrogens (primary N) is 1. The number of phenolic OH excluding ortho intramolecular Hbond substituents is 1. The second-order valence-corrected chi connectivity index (χ2v) is 5.35. The van der Waals surface area contributed by atoms with Gasteiger partial charge in [-0.3, -0.25) is 4.90 Å². The van der Waals surface area contributed by atoms with Crippen LogP contribution in [0.4, 0.5) is 5.69 Å². The number of benzene rings is 2. The quantitative estimate of drug-likeness (QED) is 0.812. The molecule has 1 aliphatic rings.